The molecule has 0 radical (unpaired) electrons. The number of likely N-dealkylation sites (tertiary alicyclic amines) is 2. The normalized spacial score (nSPS) is 17.4. The van der Waals surface area contributed by atoms with Crippen molar-refractivity contribution in [2.75, 3.05) is 33.3 Å². The number of nitrogens with zero attached hydrogens (tertiary/aromatic N) is 3. The van der Waals surface area contributed by atoms with Gasteiger partial charge in [0.2, 0.25) is 5.91 Å². The standard InChI is InChI=1S/C22H33N5O3.HI/c1-3-30-22(29)26-13-10-19(11-14-26)25-21(23-2)24-15-17-6-8-18(9-7-17)16-27-12-4-5-20(27)28;/h6-9,19H,3-5,10-16H2,1-2H3,(H2,23,24,25);1H. The molecule has 31 heavy (non-hydrogen) atoms. The van der Waals surface area contributed by atoms with Crippen LogP contribution in [0.5, 0.6) is 0 Å². The van der Waals surface area contributed by atoms with Crippen molar-refractivity contribution >= 4 is 41.9 Å². The third-order valence-corrected chi connectivity index (χ3v) is 5.61. The zero-order valence-electron chi connectivity index (χ0n) is 18.4. The Morgan fingerprint density at radius 2 is 1.84 bits per heavy atom. The summed E-state index contributed by atoms with van der Waals surface area (Å²) in [6.45, 7) is 5.84. The number of aliphatic imine (C=N–C) groups is 1. The maximum Gasteiger partial charge on any atom is 0.409 e. The van der Waals surface area contributed by atoms with Crippen molar-refractivity contribution in [1.82, 2.24) is 20.4 Å². The zero-order valence-corrected chi connectivity index (χ0v) is 20.8. The first-order chi connectivity index (χ1) is 14.6. The first kappa shape index (κ1) is 25.2. The molecule has 0 aromatic heterocycles. The number of carbonyl (C=O) groups excluding carboxylic acids is 2. The highest BCUT2D eigenvalue weighted by molar-refractivity contribution is 14.0. The molecule has 8 nitrogen and oxygen atoms in total. The van der Waals surface area contributed by atoms with Gasteiger partial charge >= 0.3 is 6.09 Å². The molecule has 1 aromatic rings. The van der Waals surface area contributed by atoms with Gasteiger partial charge in [0.05, 0.1) is 6.61 Å². The summed E-state index contributed by atoms with van der Waals surface area (Å²) >= 11 is 0. The molecule has 0 spiro atoms. The molecule has 0 unspecified atom stereocenters. The maximum absolute atomic E-state index is 11.8. The van der Waals surface area contributed by atoms with E-state index >= 15 is 0 Å². The van der Waals surface area contributed by atoms with Gasteiger partial charge in [-0.15, -0.1) is 24.0 Å². The smallest absolute Gasteiger partial charge is 0.409 e. The van der Waals surface area contributed by atoms with Crippen molar-refractivity contribution in [3.63, 3.8) is 0 Å². The van der Waals surface area contributed by atoms with Gasteiger partial charge in [-0.3, -0.25) is 9.79 Å². The summed E-state index contributed by atoms with van der Waals surface area (Å²) in [6, 6.07) is 8.64. The molecule has 0 aliphatic carbocycles. The van der Waals surface area contributed by atoms with Crippen LogP contribution in [0.3, 0.4) is 0 Å². The fourth-order valence-corrected chi connectivity index (χ4v) is 3.85. The highest BCUT2D eigenvalue weighted by Crippen LogP contribution is 2.15. The Morgan fingerprint density at radius 3 is 2.42 bits per heavy atom. The molecule has 2 saturated heterocycles. The van der Waals surface area contributed by atoms with Crippen molar-refractivity contribution < 1.29 is 14.3 Å². The van der Waals surface area contributed by atoms with E-state index < -0.39 is 0 Å². The summed E-state index contributed by atoms with van der Waals surface area (Å²) in [5.74, 6) is 1.01. The van der Waals surface area contributed by atoms with E-state index in [4.69, 9.17) is 4.74 Å². The fourth-order valence-electron chi connectivity index (χ4n) is 3.85. The lowest BCUT2D eigenvalue weighted by Gasteiger charge is -2.32. The number of carbonyl (C=O) groups is 2. The lowest BCUT2D eigenvalue weighted by molar-refractivity contribution is -0.128. The van der Waals surface area contributed by atoms with Gasteiger partial charge in [-0.05, 0) is 37.3 Å². The number of amides is 2. The van der Waals surface area contributed by atoms with Crippen LogP contribution in [0, 0.1) is 0 Å². The van der Waals surface area contributed by atoms with Crippen molar-refractivity contribution in [3.8, 4) is 0 Å². The number of hydrogen-bond acceptors (Lipinski definition) is 4. The summed E-state index contributed by atoms with van der Waals surface area (Å²) in [5.41, 5.74) is 2.32. The lowest BCUT2D eigenvalue weighted by Crippen LogP contribution is -2.49. The SMILES string of the molecule is CCOC(=O)N1CCC(NC(=NC)NCc2ccc(CN3CCCC3=O)cc2)CC1.I. The summed E-state index contributed by atoms with van der Waals surface area (Å²) < 4.78 is 5.07. The van der Waals surface area contributed by atoms with E-state index in [9.17, 15) is 9.59 Å². The van der Waals surface area contributed by atoms with Gasteiger partial charge in [0.15, 0.2) is 5.96 Å². The predicted octanol–water partition coefficient (Wildman–Crippen LogP) is 2.71. The Bertz CT molecular complexity index is 748. The molecule has 9 heteroatoms. The molecule has 2 aliphatic heterocycles. The third kappa shape index (κ3) is 7.55. The largest absolute Gasteiger partial charge is 0.450 e. The van der Waals surface area contributed by atoms with Crippen LogP contribution in [-0.4, -0.2) is 67.1 Å². The van der Waals surface area contributed by atoms with E-state index in [1.54, 1.807) is 11.9 Å². The minimum Gasteiger partial charge on any atom is -0.450 e. The number of nitrogens with one attached hydrogen (secondary N) is 2. The molecule has 0 bridgehead atoms. The van der Waals surface area contributed by atoms with E-state index in [1.807, 2.05) is 11.8 Å². The average molecular weight is 543 g/mol. The van der Waals surface area contributed by atoms with Gasteiger partial charge in [-0.1, -0.05) is 24.3 Å². The Balaban J connectivity index is 0.00000341. The van der Waals surface area contributed by atoms with Crippen LogP contribution in [0.25, 0.3) is 0 Å². The first-order valence-corrected chi connectivity index (χ1v) is 10.8. The molecule has 2 heterocycles. The van der Waals surface area contributed by atoms with Crippen molar-refractivity contribution in [3.05, 3.63) is 35.4 Å². The lowest BCUT2D eigenvalue weighted by atomic mass is 10.1. The van der Waals surface area contributed by atoms with Gasteiger partial charge in [0.25, 0.3) is 0 Å². The number of guanidine groups is 1. The van der Waals surface area contributed by atoms with Crippen LogP contribution in [0.4, 0.5) is 4.79 Å². The van der Waals surface area contributed by atoms with Gasteiger partial charge < -0.3 is 25.2 Å². The predicted molar refractivity (Wildman–Crippen MR) is 131 cm³/mol. The van der Waals surface area contributed by atoms with Crippen LogP contribution in [0.15, 0.2) is 29.3 Å². The topological polar surface area (TPSA) is 86.3 Å². The monoisotopic (exact) mass is 543 g/mol. The van der Waals surface area contributed by atoms with Crippen LogP contribution in [0.1, 0.15) is 43.7 Å². The van der Waals surface area contributed by atoms with Gasteiger partial charge in [0, 0.05) is 52.2 Å². The quantitative estimate of drug-likeness (QED) is 0.328. The minimum absolute atomic E-state index is 0. The molecule has 3 rings (SSSR count). The number of rotatable bonds is 6. The third-order valence-electron chi connectivity index (χ3n) is 5.61. The highest BCUT2D eigenvalue weighted by Gasteiger charge is 2.24. The van der Waals surface area contributed by atoms with E-state index in [0.717, 1.165) is 42.9 Å². The summed E-state index contributed by atoms with van der Waals surface area (Å²) in [7, 11) is 1.76. The zero-order chi connectivity index (χ0) is 21.3. The van der Waals surface area contributed by atoms with Gasteiger partial charge in [0.1, 0.15) is 0 Å². The fraction of sp³-hybridized carbons (Fsp3) is 0.591. The molecule has 0 saturated carbocycles. The van der Waals surface area contributed by atoms with Crippen LogP contribution in [-0.2, 0) is 22.6 Å². The van der Waals surface area contributed by atoms with E-state index in [2.05, 4.69) is 39.9 Å². The van der Waals surface area contributed by atoms with Crippen LogP contribution < -0.4 is 10.6 Å². The Hall–Kier alpha value is -2.04. The Kier molecular flexibility index (Phi) is 10.4. The van der Waals surface area contributed by atoms with Gasteiger partial charge in [-0.25, -0.2) is 4.79 Å². The maximum atomic E-state index is 11.8. The van der Waals surface area contributed by atoms with Crippen molar-refractivity contribution in [2.24, 2.45) is 4.99 Å². The average Bonchev–Trinajstić information content (AvgIpc) is 3.17. The molecule has 2 amide bonds. The number of ether oxygens (including phenoxy) is 1. The van der Waals surface area contributed by atoms with Gasteiger partial charge in [-0.2, -0.15) is 0 Å². The van der Waals surface area contributed by atoms with E-state index in [1.165, 1.54) is 0 Å². The second-order valence-corrected chi connectivity index (χ2v) is 7.77. The van der Waals surface area contributed by atoms with Crippen molar-refractivity contribution in [2.45, 2.75) is 51.7 Å². The number of benzene rings is 1. The van der Waals surface area contributed by atoms with Crippen LogP contribution in [0.2, 0.25) is 0 Å². The van der Waals surface area contributed by atoms with E-state index in [-0.39, 0.29) is 42.0 Å². The second-order valence-electron chi connectivity index (χ2n) is 7.77. The molecule has 1 aromatic carbocycles. The summed E-state index contributed by atoms with van der Waals surface area (Å²) in [4.78, 5) is 31.6. The number of piperidine rings is 1. The van der Waals surface area contributed by atoms with Crippen molar-refractivity contribution in [1.29, 1.82) is 0 Å². The second kappa shape index (κ2) is 12.7. The highest BCUT2D eigenvalue weighted by atomic mass is 127. The summed E-state index contributed by atoms with van der Waals surface area (Å²) in [6.07, 6.45) is 3.15. The molecule has 2 fully saturated rings. The molecule has 172 valence electrons. The molecule has 0 atom stereocenters. The minimum atomic E-state index is -0.226. The molecule has 2 N–H and O–H groups in total. The Labute approximate surface area is 201 Å². The summed E-state index contributed by atoms with van der Waals surface area (Å²) in [5, 5.41) is 6.80. The number of hydrogen-bond donors (Lipinski definition) is 2. The molecule has 2 aliphatic rings. The van der Waals surface area contributed by atoms with E-state index in [0.29, 0.717) is 39.2 Å². The Morgan fingerprint density at radius 1 is 1.16 bits per heavy atom. The number of halogens is 1. The molecular weight excluding hydrogens is 509 g/mol. The van der Waals surface area contributed by atoms with Crippen LogP contribution >= 0.6 is 24.0 Å². The molecular formula is C22H34IN5O3. The first-order valence-electron chi connectivity index (χ1n) is 10.8.